The number of amides is 1. The van der Waals surface area contributed by atoms with Crippen molar-refractivity contribution in [1.82, 2.24) is 14.0 Å². The zero-order chi connectivity index (χ0) is 24.2. The summed E-state index contributed by atoms with van der Waals surface area (Å²) in [5.41, 5.74) is -2.22. The number of halogens is 2. The zero-order valence-electron chi connectivity index (χ0n) is 18.5. The van der Waals surface area contributed by atoms with Crippen LogP contribution < -0.4 is 11.2 Å². The van der Waals surface area contributed by atoms with Gasteiger partial charge in [-0.05, 0) is 26.8 Å². The molecule has 11 heteroatoms. The minimum Gasteiger partial charge on any atom is -0.444 e. The minimum atomic E-state index is -0.773. The van der Waals surface area contributed by atoms with E-state index < -0.39 is 41.5 Å². The molecule has 0 fully saturated rings. The molecule has 0 saturated heterocycles. The van der Waals surface area contributed by atoms with Crippen LogP contribution in [0, 0.1) is 5.82 Å². The first-order valence-electron chi connectivity index (χ1n) is 9.68. The molecule has 0 saturated carbocycles. The number of hydrogen-bond donors (Lipinski definition) is 0. The summed E-state index contributed by atoms with van der Waals surface area (Å²) >= 11 is 6.04. The first-order chi connectivity index (χ1) is 14.8. The smallest absolute Gasteiger partial charge is 0.410 e. The average molecular weight is 470 g/mol. The van der Waals surface area contributed by atoms with E-state index in [1.807, 2.05) is 0 Å². The maximum atomic E-state index is 14.0. The molecule has 0 unspecified atom stereocenters. The van der Waals surface area contributed by atoms with E-state index >= 15 is 0 Å². The highest BCUT2D eigenvalue weighted by Crippen LogP contribution is 2.27. The van der Waals surface area contributed by atoms with Crippen molar-refractivity contribution >= 4 is 23.7 Å². The van der Waals surface area contributed by atoms with Crippen LogP contribution in [0.5, 0.6) is 0 Å². The van der Waals surface area contributed by atoms with Gasteiger partial charge in [0.2, 0.25) is 0 Å². The van der Waals surface area contributed by atoms with Crippen molar-refractivity contribution in [2.45, 2.75) is 46.6 Å². The first-order valence-corrected chi connectivity index (χ1v) is 10.1. The Morgan fingerprint density at radius 1 is 1.19 bits per heavy atom. The van der Waals surface area contributed by atoms with Crippen LogP contribution in [-0.4, -0.2) is 45.3 Å². The van der Waals surface area contributed by atoms with Gasteiger partial charge in [-0.3, -0.25) is 18.7 Å². The Hall–Kier alpha value is -3.14. The lowest BCUT2D eigenvalue weighted by atomic mass is 10.1. The molecule has 0 atom stereocenters. The lowest BCUT2D eigenvalue weighted by Gasteiger charge is -2.24. The van der Waals surface area contributed by atoms with Gasteiger partial charge < -0.3 is 14.4 Å². The van der Waals surface area contributed by atoms with Crippen molar-refractivity contribution in [2.24, 2.45) is 0 Å². The van der Waals surface area contributed by atoms with Crippen molar-refractivity contribution in [3.63, 3.8) is 0 Å². The van der Waals surface area contributed by atoms with Crippen LogP contribution in [-0.2, 0) is 27.5 Å². The molecular formula is C21H25ClFN3O6. The molecule has 174 valence electrons. The van der Waals surface area contributed by atoms with Crippen LogP contribution in [0.25, 0.3) is 11.1 Å². The van der Waals surface area contributed by atoms with Crippen LogP contribution in [0.3, 0.4) is 0 Å². The molecule has 0 bridgehead atoms. The fourth-order valence-corrected chi connectivity index (χ4v) is 2.91. The standard InChI is InChI=1S/C21H25ClFN3O6/c1-13(27)31-12-25-11-15(14-7-6-8-16(23)17(14)22)18(28)26(19(25)29)10-9-24(5)20(30)32-21(2,3)4/h6-8,11H,9-10,12H2,1-5H3. The van der Waals surface area contributed by atoms with E-state index in [1.54, 1.807) is 20.8 Å². The number of esters is 1. The van der Waals surface area contributed by atoms with E-state index in [9.17, 15) is 23.6 Å². The Morgan fingerprint density at radius 2 is 1.84 bits per heavy atom. The normalized spacial score (nSPS) is 11.2. The first kappa shape index (κ1) is 25.1. The molecule has 1 heterocycles. The fourth-order valence-electron chi connectivity index (χ4n) is 2.68. The SMILES string of the molecule is CC(=O)OCn1cc(-c2cccc(F)c2Cl)c(=O)n(CCN(C)C(=O)OC(C)(C)C)c1=O. The van der Waals surface area contributed by atoms with Crippen molar-refractivity contribution in [3.8, 4) is 11.1 Å². The molecule has 0 radical (unpaired) electrons. The van der Waals surface area contributed by atoms with E-state index in [0.29, 0.717) is 0 Å². The highest BCUT2D eigenvalue weighted by molar-refractivity contribution is 6.33. The predicted molar refractivity (Wildman–Crippen MR) is 116 cm³/mol. The molecular weight excluding hydrogens is 445 g/mol. The Morgan fingerprint density at radius 3 is 2.44 bits per heavy atom. The van der Waals surface area contributed by atoms with Gasteiger partial charge in [-0.25, -0.2) is 14.0 Å². The molecule has 0 aliphatic carbocycles. The van der Waals surface area contributed by atoms with Crippen LogP contribution in [0.4, 0.5) is 9.18 Å². The van der Waals surface area contributed by atoms with Gasteiger partial charge in [-0.1, -0.05) is 23.7 Å². The lowest BCUT2D eigenvalue weighted by Crippen LogP contribution is -2.44. The summed E-state index contributed by atoms with van der Waals surface area (Å²) < 4.78 is 26.0. The van der Waals surface area contributed by atoms with E-state index in [4.69, 9.17) is 21.1 Å². The number of rotatable bonds is 6. The van der Waals surface area contributed by atoms with Gasteiger partial charge in [-0.15, -0.1) is 0 Å². The summed E-state index contributed by atoms with van der Waals surface area (Å²) in [4.78, 5) is 50.5. The summed E-state index contributed by atoms with van der Waals surface area (Å²) in [6.45, 7) is 5.62. The van der Waals surface area contributed by atoms with Gasteiger partial charge in [0.05, 0.1) is 10.6 Å². The molecule has 2 rings (SSSR count). The lowest BCUT2D eigenvalue weighted by molar-refractivity contribution is -0.144. The molecule has 0 aliphatic rings. The monoisotopic (exact) mass is 469 g/mol. The molecule has 2 aromatic rings. The molecule has 1 aromatic heterocycles. The molecule has 1 amide bonds. The van der Waals surface area contributed by atoms with E-state index in [0.717, 1.165) is 21.4 Å². The molecule has 1 aromatic carbocycles. The van der Waals surface area contributed by atoms with Gasteiger partial charge >= 0.3 is 17.8 Å². The van der Waals surface area contributed by atoms with E-state index in [1.165, 1.54) is 31.0 Å². The van der Waals surface area contributed by atoms with Gasteiger partial charge in [0.1, 0.15) is 11.4 Å². The third-order valence-electron chi connectivity index (χ3n) is 4.25. The van der Waals surface area contributed by atoms with Crippen molar-refractivity contribution in [2.75, 3.05) is 13.6 Å². The molecule has 32 heavy (non-hydrogen) atoms. The zero-order valence-corrected chi connectivity index (χ0v) is 19.2. The minimum absolute atomic E-state index is 0.0298. The van der Waals surface area contributed by atoms with Gasteiger partial charge in [0.15, 0.2) is 6.73 Å². The van der Waals surface area contributed by atoms with Crippen LogP contribution in [0.2, 0.25) is 5.02 Å². The maximum absolute atomic E-state index is 14.0. The fraction of sp³-hybridized carbons (Fsp3) is 0.429. The summed E-state index contributed by atoms with van der Waals surface area (Å²) in [5.74, 6) is -1.37. The number of likely N-dealkylation sites (N-methyl/N-ethyl adjacent to an activating group) is 1. The Balaban J connectivity index is 2.49. The highest BCUT2D eigenvalue weighted by atomic mass is 35.5. The van der Waals surface area contributed by atoms with Crippen molar-refractivity contribution in [1.29, 1.82) is 0 Å². The number of hydrogen-bond acceptors (Lipinski definition) is 6. The second-order valence-corrected chi connectivity index (χ2v) is 8.40. The van der Waals surface area contributed by atoms with Crippen molar-refractivity contribution < 1.29 is 23.5 Å². The molecule has 0 aliphatic heterocycles. The van der Waals surface area contributed by atoms with Gasteiger partial charge in [0.25, 0.3) is 5.56 Å². The number of carbonyl (C=O) groups is 2. The number of ether oxygens (including phenoxy) is 2. The third-order valence-corrected chi connectivity index (χ3v) is 4.63. The van der Waals surface area contributed by atoms with Crippen LogP contribution in [0.15, 0.2) is 34.0 Å². The van der Waals surface area contributed by atoms with Crippen LogP contribution >= 0.6 is 11.6 Å². The van der Waals surface area contributed by atoms with E-state index in [-0.39, 0.29) is 29.2 Å². The van der Waals surface area contributed by atoms with E-state index in [2.05, 4.69) is 0 Å². The summed E-state index contributed by atoms with van der Waals surface area (Å²) in [5, 5.41) is -0.292. The Bertz CT molecular complexity index is 1140. The quantitative estimate of drug-likeness (QED) is 0.603. The van der Waals surface area contributed by atoms with Crippen LogP contribution in [0.1, 0.15) is 27.7 Å². The second kappa shape index (κ2) is 9.99. The van der Waals surface area contributed by atoms with Crippen molar-refractivity contribution in [3.05, 3.63) is 56.1 Å². The maximum Gasteiger partial charge on any atom is 0.410 e. The van der Waals surface area contributed by atoms with Gasteiger partial charge in [-0.2, -0.15) is 0 Å². The van der Waals surface area contributed by atoms with Gasteiger partial charge in [0, 0.05) is 38.8 Å². The number of nitrogens with zero attached hydrogens (tertiary/aromatic N) is 3. The molecule has 0 N–H and O–H groups in total. The Labute approximate surface area is 188 Å². The molecule has 0 spiro atoms. The number of benzene rings is 1. The topological polar surface area (TPSA) is 99.8 Å². The third kappa shape index (κ3) is 6.19. The summed E-state index contributed by atoms with van der Waals surface area (Å²) in [7, 11) is 1.46. The Kier molecular flexibility index (Phi) is 7.84. The highest BCUT2D eigenvalue weighted by Gasteiger charge is 2.21. The number of aromatic nitrogens is 2. The largest absolute Gasteiger partial charge is 0.444 e. The summed E-state index contributed by atoms with van der Waals surface area (Å²) in [6, 6.07) is 3.94. The average Bonchev–Trinajstić information content (AvgIpc) is 2.68. The molecule has 9 nitrogen and oxygen atoms in total. The second-order valence-electron chi connectivity index (χ2n) is 8.02. The number of carbonyl (C=O) groups excluding carboxylic acids is 2. The predicted octanol–water partition coefficient (Wildman–Crippen LogP) is 2.86. The summed E-state index contributed by atoms with van der Waals surface area (Å²) in [6.07, 6.45) is 0.526.